The highest BCUT2D eigenvalue weighted by molar-refractivity contribution is 9.10. The average Bonchev–Trinajstić information content (AvgIpc) is 2.69. The van der Waals surface area contributed by atoms with Crippen LogP contribution in [0, 0.1) is 5.92 Å². The van der Waals surface area contributed by atoms with Gasteiger partial charge < -0.3 is 10.1 Å². The smallest absolute Gasteiger partial charge is 0.262 e. The van der Waals surface area contributed by atoms with Crippen molar-refractivity contribution in [1.82, 2.24) is 10.7 Å². The molecule has 0 aromatic heterocycles. The molecule has 2 aromatic rings. The Morgan fingerprint density at radius 3 is 2.39 bits per heavy atom. The highest BCUT2D eigenvalue weighted by atomic mass is 79.9. The Balaban J connectivity index is 2.10. The normalized spacial score (nSPS) is 12.3. The number of benzene rings is 2. The predicted octanol–water partition coefficient (Wildman–Crippen LogP) is 5.45. The topological polar surface area (TPSA) is 79.8 Å². The molecule has 166 valence electrons. The summed E-state index contributed by atoms with van der Waals surface area (Å²) < 4.78 is 6.61. The molecule has 0 bridgehead atoms. The number of nitrogens with zero attached hydrogens (tertiary/aromatic N) is 1. The SMILES string of the molecule is CC(C)Oc1ccc(Br)cc1/C=N\NC(=O)C(NC(=O)c1ccc(Cl)c(Cl)c1)C(C)C. The first kappa shape index (κ1) is 25.2. The lowest BCUT2D eigenvalue weighted by atomic mass is 10.0. The molecule has 0 aliphatic heterocycles. The van der Waals surface area contributed by atoms with E-state index in [4.69, 9.17) is 27.9 Å². The van der Waals surface area contributed by atoms with Gasteiger partial charge in [-0.05, 0) is 56.2 Å². The third-order valence-electron chi connectivity index (χ3n) is 4.13. The second-order valence-corrected chi connectivity index (χ2v) is 9.14. The minimum atomic E-state index is -0.798. The Morgan fingerprint density at radius 2 is 1.77 bits per heavy atom. The largest absolute Gasteiger partial charge is 0.490 e. The molecule has 2 rings (SSSR count). The molecule has 0 radical (unpaired) electrons. The second kappa shape index (κ2) is 11.5. The molecule has 0 fully saturated rings. The lowest BCUT2D eigenvalue weighted by molar-refractivity contribution is -0.123. The van der Waals surface area contributed by atoms with Gasteiger partial charge in [0.05, 0.1) is 22.4 Å². The van der Waals surface area contributed by atoms with E-state index in [1.54, 1.807) is 6.07 Å². The number of carbonyl (C=O) groups is 2. The van der Waals surface area contributed by atoms with Gasteiger partial charge >= 0.3 is 0 Å². The Labute approximate surface area is 200 Å². The Hall–Kier alpha value is -2.09. The van der Waals surface area contributed by atoms with Crippen LogP contribution in [0.15, 0.2) is 46.0 Å². The number of rotatable bonds is 8. The maximum Gasteiger partial charge on any atom is 0.262 e. The van der Waals surface area contributed by atoms with Crippen LogP contribution in [0.2, 0.25) is 10.0 Å². The molecule has 1 atom stereocenters. The molecule has 0 saturated carbocycles. The lowest BCUT2D eigenvalue weighted by Gasteiger charge is -2.20. The number of amides is 2. The number of halogens is 3. The van der Waals surface area contributed by atoms with E-state index >= 15 is 0 Å². The summed E-state index contributed by atoms with van der Waals surface area (Å²) in [6.45, 7) is 7.50. The second-order valence-electron chi connectivity index (χ2n) is 7.41. The Kier molecular flexibility index (Phi) is 9.34. The molecular weight excluding hydrogens is 505 g/mol. The third-order valence-corrected chi connectivity index (χ3v) is 5.36. The molecule has 0 heterocycles. The van der Waals surface area contributed by atoms with Crippen molar-refractivity contribution in [2.75, 3.05) is 0 Å². The zero-order valence-corrected chi connectivity index (χ0v) is 20.7. The van der Waals surface area contributed by atoms with Gasteiger partial charge in [0, 0.05) is 15.6 Å². The molecule has 1 unspecified atom stereocenters. The molecule has 2 aromatic carbocycles. The zero-order valence-electron chi connectivity index (χ0n) is 17.6. The summed E-state index contributed by atoms with van der Waals surface area (Å²) in [6, 6.07) is 9.24. The van der Waals surface area contributed by atoms with Crippen molar-refractivity contribution in [2.45, 2.75) is 39.8 Å². The van der Waals surface area contributed by atoms with Crippen molar-refractivity contribution in [2.24, 2.45) is 11.0 Å². The fourth-order valence-electron chi connectivity index (χ4n) is 2.61. The van der Waals surface area contributed by atoms with Gasteiger partial charge in [-0.2, -0.15) is 5.10 Å². The number of hydrazone groups is 1. The summed E-state index contributed by atoms with van der Waals surface area (Å²) in [6.07, 6.45) is 1.49. The Bertz CT molecular complexity index is 980. The van der Waals surface area contributed by atoms with E-state index in [2.05, 4.69) is 31.8 Å². The highest BCUT2D eigenvalue weighted by Crippen LogP contribution is 2.23. The van der Waals surface area contributed by atoms with Gasteiger partial charge in [-0.3, -0.25) is 9.59 Å². The van der Waals surface area contributed by atoms with Crippen molar-refractivity contribution < 1.29 is 14.3 Å². The van der Waals surface area contributed by atoms with Crippen molar-refractivity contribution >= 4 is 57.2 Å². The van der Waals surface area contributed by atoms with Gasteiger partial charge in [0.1, 0.15) is 11.8 Å². The van der Waals surface area contributed by atoms with Crippen LogP contribution in [0.4, 0.5) is 0 Å². The Morgan fingerprint density at radius 1 is 1.06 bits per heavy atom. The molecule has 6 nitrogen and oxygen atoms in total. The molecule has 2 N–H and O–H groups in total. The first-order valence-corrected chi connectivity index (χ1v) is 11.2. The van der Waals surface area contributed by atoms with Crippen molar-refractivity contribution in [3.8, 4) is 5.75 Å². The summed E-state index contributed by atoms with van der Waals surface area (Å²) >= 11 is 15.3. The standard InChI is InChI=1S/C22H24BrCl2N3O3/c1-12(2)20(27-21(29)14-5-7-17(24)18(25)10-14)22(30)28-26-11-15-9-16(23)6-8-19(15)31-13(3)4/h5-13,20H,1-4H3,(H,27,29)(H,28,30)/b26-11-. The zero-order chi connectivity index (χ0) is 23.1. The van der Waals surface area contributed by atoms with Gasteiger partial charge in [-0.15, -0.1) is 0 Å². The van der Waals surface area contributed by atoms with E-state index in [0.717, 1.165) is 4.47 Å². The fourth-order valence-corrected chi connectivity index (χ4v) is 3.29. The number of ether oxygens (including phenoxy) is 1. The van der Waals surface area contributed by atoms with Crippen molar-refractivity contribution in [3.63, 3.8) is 0 Å². The lowest BCUT2D eigenvalue weighted by Crippen LogP contribution is -2.48. The van der Waals surface area contributed by atoms with Gasteiger partial charge in [-0.25, -0.2) is 5.43 Å². The maximum atomic E-state index is 12.7. The first-order valence-electron chi connectivity index (χ1n) is 9.63. The van der Waals surface area contributed by atoms with Crippen LogP contribution in [0.1, 0.15) is 43.6 Å². The van der Waals surface area contributed by atoms with Crippen LogP contribution < -0.4 is 15.5 Å². The van der Waals surface area contributed by atoms with E-state index < -0.39 is 17.9 Å². The summed E-state index contributed by atoms with van der Waals surface area (Å²) in [7, 11) is 0. The van der Waals surface area contributed by atoms with Crippen molar-refractivity contribution in [1.29, 1.82) is 0 Å². The molecule has 31 heavy (non-hydrogen) atoms. The van der Waals surface area contributed by atoms with E-state index in [9.17, 15) is 9.59 Å². The molecule has 2 amide bonds. The van der Waals surface area contributed by atoms with Crippen molar-refractivity contribution in [3.05, 3.63) is 62.0 Å². The van der Waals surface area contributed by atoms with E-state index in [-0.39, 0.29) is 17.0 Å². The summed E-state index contributed by atoms with van der Waals surface area (Å²) in [5.74, 6) is -0.408. The van der Waals surface area contributed by atoms with Crippen LogP contribution in [0.5, 0.6) is 5.75 Å². The number of hydrogen-bond acceptors (Lipinski definition) is 4. The summed E-state index contributed by atoms with van der Waals surface area (Å²) in [4.78, 5) is 25.2. The predicted molar refractivity (Wildman–Crippen MR) is 128 cm³/mol. The molecule has 9 heteroatoms. The maximum absolute atomic E-state index is 12.7. The van der Waals surface area contributed by atoms with Crippen LogP contribution in [0.25, 0.3) is 0 Å². The highest BCUT2D eigenvalue weighted by Gasteiger charge is 2.24. The number of hydrogen-bond donors (Lipinski definition) is 2. The van der Waals surface area contributed by atoms with Crippen LogP contribution in [-0.2, 0) is 4.79 Å². The monoisotopic (exact) mass is 527 g/mol. The summed E-state index contributed by atoms with van der Waals surface area (Å²) in [5, 5.41) is 7.37. The van der Waals surface area contributed by atoms with E-state index in [1.165, 1.54) is 18.3 Å². The molecule has 0 aliphatic rings. The molecular formula is C22H24BrCl2N3O3. The average molecular weight is 529 g/mol. The molecule has 0 spiro atoms. The fraction of sp³-hybridized carbons (Fsp3) is 0.318. The van der Waals surface area contributed by atoms with E-state index in [1.807, 2.05) is 45.9 Å². The third kappa shape index (κ3) is 7.52. The van der Waals surface area contributed by atoms with Gasteiger partial charge in [-0.1, -0.05) is 53.0 Å². The van der Waals surface area contributed by atoms with E-state index in [0.29, 0.717) is 21.9 Å². The minimum absolute atomic E-state index is 0.00942. The molecule has 0 saturated heterocycles. The summed E-state index contributed by atoms with van der Waals surface area (Å²) in [5.41, 5.74) is 3.49. The van der Waals surface area contributed by atoms with Crippen LogP contribution in [-0.4, -0.2) is 30.2 Å². The van der Waals surface area contributed by atoms with Gasteiger partial charge in [0.2, 0.25) is 0 Å². The quantitative estimate of drug-likeness (QED) is 0.353. The molecule has 0 aliphatic carbocycles. The number of nitrogens with one attached hydrogen (secondary N) is 2. The number of carbonyl (C=O) groups excluding carboxylic acids is 2. The first-order chi connectivity index (χ1) is 14.6. The van der Waals surface area contributed by atoms with Crippen LogP contribution in [0.3, 0.4) is 0 Å². The van der Waals surface area contributed by atoms with Gasteiger partial charge in [0.25, 0.3) is 11.8 Å². The minimum Gasteiger partial charge on any atom is -0.490 e. The van der Waals surface area contributed by atoms with Crippen LogP contribution >= 0.6 is 39.1 Å². The van der Waals surface area contributed by atoms with Gasteiger partial charge in [0.15, 0.2) is 0 Å².